The highest BCUT2D eigenvalue weighted by Crippen LogP contribution is 2.44. The van der Waals surface area contributed by atoms with E-state index in [1.54, 1.807) is 0 Å². The Hall–Kier alpha value is -3.01. The number of furan rings is 1. The van der Waals surface area contributed by atoms with E-state index in [1.165, 1.54) is 11.3 Å². The number of aromatic nitrogens is 2. The van der Waals surface area contributed by atoms with Crippen LogP contribution in [0.15, 0.2) is 65.1 Å². The zero-order valence-corrected chi connectivity index (χ0v) is 14.3. The first kappa shape index (κ1) is 14.3. The van der Waals surface area contributed by atoms with Gasteiger partial charge in [-0.1, -0.05) is 24.3 Å². The maximum absolute atomic E-state index is 6.05. The first-order chi connectivity index (χ1) is 12.3. The van der Waals surface area contributed by atoms with E-state index in [2.05, 4.69) is 64.9 Å². The van der Waals surface area contributed by atoms with Gasteiger partial charge in [0.1, 0.15) is 17.3 Å². The summed E-state index contributed by atoms with van der Waals surface area (Å²) in [7, 11) is 0. The van der Waals surface area contributed by atoms with Gasteiger partial charge in [-0.3, -0.25) is 4.57 Å². The summed E-state index contributed by atoms with van der Waals surface area (Å²) in [6.07, 6.45) is -0.0315. The molecule has 4 nitrogen and oxygen atoms in total. The quantitative estimate of drug-likeness (QED) is 0.519. The van der Waals surface area contributed by atoms with E-state index in [0.717, 1.165) is 34.9 Å². The third kappa shape index (κ3) is 1.97. The van der Waals surface area contributed by atoms with Crippen molar-refractivity contribution in [3.63, 3.8) is 0 Å². The monoisotopic (exact) mass is 329 g/mol. The number of aryl methyl sites for hydroxylation is 1. The number of benzene rings is 2. The summed E-state index contributed by atoms with van der Waals surface area (Å²) in [6, 6.07) is 20.9. The Balaban J connectivity index is 1.88. The summed E-state index contributed by atoms with van der Waals surface area (Å²) in [5, 5.41) is 0. The summed E-state index contributed by atoms with van der Waals surface area (Å²) < 4.78 is 8.36. The molecule has 0 bridgehead atoms. The second-order valence-corrected chi connectivity index (χ2v) is 6.42. The molecule has 1 atom stereocenters. The molecule has 0 saturated heterocycles. The molecule has 0 saturated carbocycles. The number of hydrogen-bond acceptors (Lipinski definition) is 3. The highest BCUT2D eigenvalue weighted by atomic mass is 16.3. The summed E-state index contributed by atoms with van der Waals surface area (Å²) in [5.41, 5.74) is 4.51. The summed E-state index contributed by atoms with van der Waals surface area (Å²) >= 11 is 0. The Bertz CT molecular complexity index is 1080. The van der Waals surface area contributed by atoms with Gasteiger partial charge in [-0.2, -0.15) is 0 Å². The van der Waals surface area contributed by atoms with E-state index in [1.807, 2.05) is 19.1 Å². The Morgan fingerprint density at radius 2 is 1.80 bits per heavy atom. The van der Waals surface area contributed by atoms with Crippen molar-refractivity contribution in [2.45, 2.75) is 20.0 Å². The fourth-order valence-electron chi connectivity index (χ4n) is 3.88. The van der Waals surface area contributed by atoms with Gasteiger partial charge < -0.3 is 9.32 Å². The smallest absolute Gasteiger partial charge is 0.167 e. The third-order valence-corrected chi connectivity index (χ3v) is 4.95. The van der Waals surface area contributed by atoms with Crippen LogP contribution in [0.4, 0.5) is 5.69 Å². The molecule has 1 unspecified atom stereocenters. The van der Waals surface area contributed by atoms with Crippen LogP contribution in [0.2, 0.25) is 0 Å². The molecule has 2 aromatic heterocycles. The predicted molar refractivity (Wildman–Crippen MR) is 99.8 cm³/mol. The van der Waals surface area contributed by atoms with Crippen LogP contribution in [-0.2, 0) is 0 Å². The van der Waals surface area contributed by atoms with Crippen molar-refractivity contribution in [3.05, 3.63) is 72.2 Å². The first-order valence-corrected chi connectivity index (χ1v) is 8.67. The lowest BCUT2D eigenvalue weighted by Crippen LogP contribution is -2.36. The minimum Gasteiger partial charge on any atom is -0.462 e. The number of hydrogen-bond donors (Lipinski definition) is 0. The molecule has 0 aliphatic carbocycles. The Morgan fingerprint density at radius 1 is 1.00 bits per heavy atom. The van der Waals surface area contributed by atoms with Crippen LogP contribution in [0.25, 0.3) is 22.4 Å². The van der Waals surface area contributed by atoms with Crippen molar-refractivity contribution in [1.82, 2.24) is 9.55 Å². The molecule has 124 valence electrons. The number of nitrogens with zero attached hydrogens (tertiary/aromatic N) is 3. The van der Waals surface area contributed by atoms with Crippen molar-refractivity contribution in [2.75, 3.05) is 11.4 Å². The lowest BCUT2D eigenvalue weighted by atomic mass is 10.1. The summed E-state index contributed by atoms with van der Waals surface area (Å²) in [5.74, 6) is 2.87. The second-order valence-electron chi connectivity index (χ2n) is 6.42. The van der Waals surface area contributed by atoms with E-state index < -0.39 is 0 Å². The van der Waals surface area contributed by atoms with Crippen molar-refractivity contribution < 1.29 is 4.42 Å². The van der Waals surface area contributed by atoms with Crippen molar-refractivity contribution in [3.8, 4) is 11.4 Å². The molecule has 3 heterocycles. The van der Waals surface area contributed by atoms with Crippen LogP contribution >= 0.6 is 0 Å². The Kier molecular flexibility index (Phi) is 3.01. The molecule has 0 spiro atoms. The SMILES string of the molecule is CCN1c2ccccc2-c2nc3ccccc3n2C1c1ccc(C)o1. The summed E-state index contributed by atoms with van der Waals surface area (Å²) in [4.78, 5) is 7.32. The molecule has 5 rings (SSSR count). The minimum absolute atomic E-state index is 0.0315. The lowest BCUT2D eigenvalue weighted by Gasteiger charge is -2.38. The van der Waals surface area contributed by atoms with Gasteiger partial charge in [0, 0.05) is 17.8 Å². The minimum atomic E-state index is -0.0315. The van der Waals surface area contributed by atoms with Crippen LogP contribution in [0.3, 0.4) is 0 Å². The zero-order chi connectivity index (χ0) is 17.0. The van der Waals surface area contributed by atoms with Crippen molar-refractivity contribution >= 4 is 16.7 Å². The highest BCUT2D eigenvalue weighted by Gasteiger charge is 2.35. The van der Waals surface area contributed by atoms with E-state index in [0.29, 0.717) is 0 Å². The van der Waals surface area contributed by atoms with Crippen molar-refractivity contribution in [2.24, 2.45) is 0 Å². The largest absolute Gasteiger partial charge is 0.462 e. The van der Waals surface area contributed by atoms with Crippen molar-refractivity contribution in [1.29, 1.82) is 0 Å². The van der Waals surface area contributed by atoms with E-state index in [9.17, 15) is 0 Å². The molecule has 4 aromatic rings. The van der Waals surface area contributed by atoms with E-state index >= 15 is 0 Å². The van der Waals surface area contributed by atoms with Gasteiger partial charge in [0.2, 0.25) is 0 Å². The van der Waals surface area contributed by atoms with Gasteiger partial charge in [-0.25, -0.2) is 4.98 Å². The maximum Gasteiger partial charge on any atom is 0.167 e. The van der Waals surface area contributed by atoms with Crippen LogP contribution in [0, 0.1) is 6.92 Å². The predicted octanol–water partition coefficient (Wildman–Crippen LogP) is 4.99. The lowest BCUT2D eigenvalue weighted by molar-refractivity contribution is 0.406. The zero-order valence-electron chi connectivity index (χ0n) is 14.3. The van der Waals surface area contributed by atoms with E-state index in [4.69, 9.17) is 9.40 Å². The van der Waals surface area contributed by atoms with Gasteiger partial charge in [0.05, 0.1) is 11.0 Å². The summed E-state index contributed by atoms with van der Waals surface area (Å²) in [6.45, 7) is 5.06. The molecule has 0 radical (unpaired) electrons. The molecular weight excluding hydrogens is 310 g/mol. The Labute approximate surface area is 146 Å². The topological polar surface area (TPSA) is 34.2 Å². The molecule has 0 fully saturated rings. The normalized spacial score (nSPS) is 16.1. The second kappa shape index (κ2) is 5.24. The molecule has 25 heavy (non-hydrogen) atoms. The van der Waals surface area contributed by atoms with Crippen LogP contribution in [0.5, 0.6) is 0 Å². The van der Waals surface area contributed by atoms with Crippen LogP contribution in [0.1, 0.15) is 24.6 Å². The number of rotatable bonds is 2. The number of anilines is 1. The molecule has 0 amide bonds. The first-order valence-electron chi connectivity index (χ1n) is 8.67. The fourth-order valence-corrected chi connectivity index (χ4v) is 3.88. The van der Waals surface area contributed by atoms with Gasteiger partial charge >= 0.3 is 0 Å². The number of imidazole rings is 1. The van der Waals surface area contributed by atoms with Crippen LogP contribution in [-0.4, -0.2) is 16.1 Å². The third-order valence-electron chi connectivity index (χ3n) is 4.95. The van der Waals surface area contributed by atoms with Gasteiger partial charge in [-0.05, 0) is 50.2 Å². The Morgan fingerprint density at radius 3 is 2.60 bits per heavy atom. The molecule has 1 aliphatic heterocycles. The molecular formula is C21H19N3O. The van der Waals surface area contributed by atoms with Gasteiger partial charge in [-0.15, -0.1) is 0 Å². The molecule has 0 N–H and O–H groups in total. The maximum atomic E-state index is 6.05. The molecule has 4 heteroatoms. The average molecular weight is 329 g/mol. The number of para-hydroxylation sites is 3. The standard InChI is InChI=1S/C21H19N3O/c1-3-23-17-10-6-4-8-15(17)20-22-16-9-5-7-11-18(16)24(20)21(23)19-13-12-14(2)25-19/h4-13,21H,3H2,1-2H3. The number of fused-ring (bicyclic) bond motifs is 5. The van der Waals surface area contributed by atoms with Crippen LogP contribution < -0.4 is 4.90 Å². The fraction of sp³-hybridized carbons (Fsp3) is 0.190. The van der Waals surface area contributed by atoms with Gasteiger partial charge in [0.15, 0.2) is 6.17 Å². The highest BCUT2D eigenvalue weighted by molar-refractivity contribution is 5.87. The molecule has 1 aliphatic rings. The van der Waals surface area contributed by atoms with Gasteiger partial charge in [0.25, 0.3) is 0 Å². The average Bonchev–Trinajstić information content (AvgIpc) is 3.24. The van der Waals surface area contributed by atoms with E-state index in [-0.39, 0.29) is 6.17 Å². The molecule has 2 aromatic carbocycles.